The zero-order chi connectivity index (χ0) is 16.3. The quantitative estimate of drug-likeness (QED) is 0.878. The highest BCUT2D eigenvalue weighted by atomic mass is 35.5. The van der Waals surface area contributed by atoms with Gasteiger partial charge in [0, 0.05) is 30.6 Å². The number of methoxy groups -OCH3 is 1. The largest absolute Gasteiger partial charge is 0.497 e. The molecule has 0 radical (unpaired) electrons. The Balaban J connectivity index is 0.00000264. The molecule has 5 nitrogen and oxygen atoms in total. The number of ether oxygens (including phenoxy) is 1. The Morgan fingerprint density at radius 1 is 1.39 bits per heavy atom. The van der Waals surface area contributed by atoms with Gasteiger partial charge in [-0.2, -0.15) is 0 Å². The van der Waals surface area contributed by atoms with E-state index in [1.165, 1.54) is 0 Å². The molecule has 6 heteroatoms. The second-order valence-corrected chi connectivity index (χ2v) is 6.42. The summed E-state index contributed by atoms with van der Waals surface area (Å²) in [6.45, 7) is 5.28. The van der Waals surface area contributed by atoms with Gasteiger partial charge in [0.1, 0.15) is 11.3 Å². The standard InChI is InChI=1S/C17H24N2O3.ClH/c1-17(2,10-18)11-19(3)16(20)7-12-9-22-15-8-13(21-4)5-6-14(12)15;/h5-6,8-9H,7,10-11,18H2,1-4H3;1H. The molecule has 23 heavy (non-hydrogen) atoms. The van der Waals surface area contributed by atoms with Crippen molar-refractivity contribution in [3.63, 3.8) is 0 Å². The molecular formula is C17H25ClN2O3. The highest BCUT2D eigenvalue weighted by molar-refractivity contribution is 5.88. The van der Waals surface area contributed by atoms with Crippen LogP contribution in [0.15, 0.2) is 28.9 Å². The van der Waals surface area contributed by atoms with Crippen LogP contribution < -0.4 is 10.5 Å². The maximum absolute atomic E-state index is 12.4. The highest BCUT2D eigenvalue weighted by Gasteiger charge is 2.22. The predicted molar refractivity (Wildman–Crippen MR) is 94.2 cm³/mol. The van der Waals surface area contributed by atoms with E-state index in [4.69, 9.17) is 14.9 Å². The molecule has 1 aromatic heterocycles. The van der Waals surface area contributed by atoms with Gasteiger partial charge in [-0.25, -0.2) is 0 Å². The third-order valence-corrected chi connectivity index (χ3v) is 3.85. The van der Waals surface area contributed by atoms with Crippen molar-refractivity contribution in [2.75, 3.05) is 27.2 Å². The van der Waals surface area contributed by atoms with E-state index in [2.05, 4.69) is 13.8 Å². The predicted octanol–water partition coefficient (Wildman–Crippen LogP) is 2.85. The Labute approximate surface area is 143 Å². The van der Waals surface area contributed by atoms with Crippen molar-refractivity contribution in [3.8, 4) is 5.75 Å². The van der Waals surface area contributed by atoms with Gasteiger partial charge in [-0.05, 0) is 24.1 Å². The van der Waals surface area contributed by atoms with Gasteiger partial charge in [-0.3, -0.25) is 4.79 Å². The van der Waals surface area contributed by atoms with Crippen molar-refractivity contribution in [3.05, 3.63) is 30.0 Å². The molecule has 2 N–H and O–H groups in total. The SMILES string of the molecule is COc1ccc2c(CC(=O)N(C)CC(C)(C)CN)coc2c1.Cl. The van der Waals surface area contributed by atoms with Crippen LogP contribution in [0.25, 0.3) is 11.0 Å². The van der Waals surface area contributed by atoms with Crippen molar-refractivity contribution in [2.45, 2.75) is 20.3 Å². The van der Waals surface area contributed by atoms with E-state index in [-0.39, 0.29) is 23.7 Å². The van der Waals surface area contributed by atoms with Gasteiger partial charge in [0.05, 0.1) is 19.8 Å². The van der Waals surface area contributed by atoms with Gasteiger partial charge in [-0.1, -0.05) is 13.8 Å². The lowest BCUT2D eigenvalue weighted by Gasteiger charge is -2.29. The van der Waals surface area contributed by atoms with Gasteiger partial charge in [-0.15, -0.1) is 12.4 Å². The average molecular weight is 341 g/mol. The van der Waals surface area contributed by atoms with Crippen molar-refractivity contribution < 1.29 is 13.9 Å². The van der Waals surface area contributed by atoms with E-state index < -0.39 is 0 Å². The fraction of sp³-hybridized carbons (Fsp3) is 0.471. The van der Waals surface area contributed by atoms with Crippen LogP contribution in [0.2, 0.25) is 0 Å². The molecule has 1 heterocycles. The van der Waals surface area contributed by atoms with E-state index >= 15 is 0 Å². The molecule has 0 saturated carbocycles. The second kappa shape index (κ2) is 7.70. The molecule has 0 atom stereocenters. The monoisotopic (exact) mass is 340 g/mol. The molecule has 128 valence electrons. The number of rotatable bonds is 6. The fourth-order valence-electron chi connectivity index (χ4n) is 2.42. The van der Waals surface area contributed by atoms with Crippen LogP contribution in [0.3, 0.4) is 0 Å². The third-order valence-electron chi connectivity index (χ3n) is 3.85. The van der Waals surface area contributed by atoms with Gasteiger partial charge >= 0.3 is 0 Å². The Hall–Kier alpha value is -1.72. The van der Waals surface area contributed by atoms with E-state index in [1.807, 2.05) is 25.2 Å². The minimum atomic E-state index is -0.0871. The Morgan fingerprint density at radius 2 is 2.09 bits per heavy atom. The summed E-state index contributed by atoms with van der Waals surface area (Å²) in [6, 6.07) is 5.61. The summed E-state index contributed by atoms with van der Waals surface area (Å²) in [7, 11) is 3.42. The first-order chi connectivity index (χ1) is 10.4. The summed E-state index contributed by atoms with van der Waals surface area (Å²) in [5.41, 5.74) is 7.26. The molecule has 0 saturated heterocycles. The molecular weight excluding hydrogens is 316 g/mol. The molecule has 0 fully saturated rings. The molecule has 1 amide bonds. The summed E-state index contributed by atoms with van der Waals surface area (Å²) >= 11 is 0. The van der Waals surface area contributed by atoms with Gasteiger partial charge in [0.25, 0.3) is 0 Å². The van der Waals surface area contributed by atoms with Crippen LogP contribution in [0.5, 0.6) is 5.75 Å². The first-order valence-electron chi connectivity index (χ1n) is 7.34. The number of nitrogens with zero attached hydrogens (tertiary/aromatic N) is 1. The molecule has 0 unspecified atom stereocenters. The number of fused-ring (bicyclic) bond motifs is 1. The number of hydrogen-bond donors (Lipinski definition) is 1. The Kier molecular flexibility index (Phi) is 6.47. The lowest BCUT2D eigenvalue weighted by molar-refractivity contribution is -0.130. The molecule has 2 aromatic rings. The molecule has 0 bridgehead atoms. The van der Waals surface area contributed by atoms with Crippen LogP contribution in [0, 0.1) is 5.41 Å². The van der Waals surface area contributed by atoms with Crippen LogP contribution in [-0.2, 0) is 11.2 Å². The van der Waals surface area contributed by atoms with E-state index in [9.17, 15) is 4.79 Å². The van der Waals surface area contributed by atoms with E-state index in [0.717, 1.165) is 22.3 Å². The minimum absolute atomic E-state index is 0. The zero-order valence-corrected chi connectivity index (χ0v) is 14.9. The van der Waals surface area contributed by atoms with Gasteiger partial charge < -0.3 is 19.8 Å². The number of nitrogens with two attached hydrogens (primary N) is 1. The minimum Gasteiger partial charge on any atom is -0.497 e. The highest BCUT2D eigenvalue weighted by Crippen LogP contribution is 2.26. The number of carbonyl (C=O) groups is 1. The maximum atomic E-state index is 12.4. The Bertz CT molecular complexity index is 667. The number of likely N-dealkylation sites (N-methyl/N-ethyl adjacent to an activating group) is 1. The third kappa shape index (κ3) is 4.62. The lowest BCUT2D eigenvalue weighted by Crippen LogP contribution is -2.40. The van der Waals surface area contributed by atoms with Crippen molar-refractivity contribution in [1.82, 2.24) is 4.90 Å². The van der Waals surface area contributed by atoms with Crippen molar-refractivity contribution >= 4 is 29.3 Å². The molecule has 1 aromatic carbocycles. The smallest absolute Gasteiger partial charge is 0.226 e. The van der Waals surface area contributed by atoms with Crippen molar-refractivity contribution in [2.24, 2.45) is 11.1 Å². The molecule has 0 aliphatic rings. The molecule has 0 spiro atoms. The molecule has 0 aliphatic carbocycles. The van der Waals surface area contributed by atoms with Gasteiger partial charge in [0.2, 0.25) is 5.91 Å². The number of hydrogen-bond acceptors (Lipinski definition) is 4. The molecule has 0 aliphatic heterocycles. The maximum Gasteiger partial charge on any atom is 0.226 e. The number of benzene rings is 1. The van der Waals surface area contributed by atoms with E-state index in [1.54, 1.807) is 18.3 Å². The summed E-state index contributed by atoms with van der Waals surface area (Å²) in [4.78, 5) is 14.1. The van der Waals surface area contributed by atoms with Crippen LogP contribution >= 0.6 is 12.4 Å². The van der Waals surface area contributed by atoms with Crippen LogP contribution in [0.1, 0.15) is 19.4 Å². The number of halogens is 1. The van der Waals surface area contributed by atoms with Crippen LogP contribution in [0.4, 0.5) is 0 Å². The lowest BCUT2D eigenvalue weighted by atomic mass is 9.93. The zero-order valence-electron chi connectivity index (χ0n) is 14.1. The summed E-state index contributed by atoms with van der Waals surface area (Å²) in [6.07, 6.45) is 1.96. The fourth-order valence-corrected chi connectivity index (χ4v) is 2.42. The van der Waals surface area contributed by atoms with Gasteiger partial charge in [0.15, 0.2) is 0 Å². The summed E-state index contributed by atoms with van der Waals surface area (Å²) < 4.78 is 10.7. The normalized spacial score (nSPS) is 11.2. The first kappa shape index (κ1) is 19.3. The van der Waals surface area contributed by atoms with Crippen molar-refractivity contribution in [1.29, 1.82) is 0 Å². The topological polar surface area (TPSA) is 68.7 Å². The van der Waals surface area contributed by atoms with E-state index in [0.29, 0.717) is 19.5 Å². The second-order valence-electron chi connectivity index (χ2n) is 6.42. The molecule has 2 rings (SSSR count). The summed E-state index contributed by atoms with van der Waals surface area (Å²) in [5.74, 6) is 0.793. The average Bonchev–Trinajstić information content (AvgIpc) is 2.89. The first-order valence-corrected chi connectivity index (χ1v) is 7.34. The number of amides is 1. The Morgan fingerprint density at radius 3 is 2.70 bits per heavy atom. The number of carbonyl (C=O) groups excluding carboxylic acids is 1. The summed E-state index contributed by atoms with van der Waals surface area (Å²) in [5, 5.41) is 0.945. The van der Waals surface area contributed by atoms with Crippen LogP contribution in [-0.4, -0.2) is 38.1 Å². The number of furan rings is 1.